The van der Waals surface area contributed by atoms with Gasteiger partial charge in [0, 0.05) is 62.2 Å². The molecule has 204 valence electrons. The van der Waals surface area contributed by atoms with E-state index in [0.29, 0.717) is 6.42 Å². The molecule has 0 unspecified atom stereocenters. The van der Waals surface area contributed by atoms with Crippen molar-refractivity contribution >= 4 is 16.8 Å². The summed E-state index contributed by atoms with van der Waals surface area (Å²) in [5.41, 5.74) is 7.62. The Kier molecular flexibility index (Phi) is 7.95. The number of aromatic nitrogens is 1. The van der Waals surface area contributed by atoms with Gasteiger partial charge in [0.05, 0.1) is 0 Å². The predicted octanol–water partition coefficient (Wildman–Crippen LogP) is 6.98. The molecule has 4 aromatic rings. The van der Waals surface area contributed by atoms with Crippen LogP contribution in [0.5, 0.6) is 0 Å². The normalized spacial score (nSPS) is 15.6. The maximum Gasteiger partial charge on any atom is 0.223 e. The zero-order valence-corrected chi connectivity index (χ0v) is 24.3. The van der Waals surface area contributed by atoms with Gasteiger partial charge in [-0.25, -0.2) is 0 Å². The quantitative estimate of drug-likeness (QED) is 0.262. The summed E-state index contributed by atoms with van der Waals surface area (Å²) in [6, 6.07) is 26.4. The molecule has 0 spiro atoms. The number of benzene rings is 3. The van der Waals surface area contributed by atoms with E-state index in [1.807, 2.05) is 0 Å². The zero-order chi connectivity index (χ0) is 27.6. The Bertz CT molecular complexity index is 1400. The van der Waals surface area contributed by atoms with E-state index in [1.54, 1.807) is 0 Å². The molecule has 5 rings (SSSR count). The third kappa shape index (κ3) is 6.12. The largest absolute Gasteiger partial charge is 0.343 e. The van der Waals surface area contributed by atoms with Crippen LogP contribution in [0.25, 0.3) is 10.9 Å². The zero-order valence-electron chi connectivity index (χ0n) is 24.3. The first kappa shape index (κ1) is 27.2. The van der Waals surface area contributed by atoms with Gasteiger partial charge >= 0.3 is 0 Å². The average molecular weight is 522 g/mol. The van der Waals surface area contributed by atoms with Crippen molar-refractivity contribution in [1.29, 1.82) is 0 Å². The van der Waals surface area contributed by atoms with Crippen LogP contribution in [0.1, 0.15) is 67.9 Å². The number of hydrogen-bond acceptors (Lipinski definition) is 2. The minimum Gasteiger partial charge on any atom is -0.343 e. The highest BCUT2D eigenvalue weighted by Gasteiger charge is 2.27. The number of piperazine rings is 1. The molecule has 0 saturated carbocycles. The molecule has 0 N–H and O–H groups in total. The average Bonchev–Trinajstić information content (AvgIpc) is 3.30. The van der Waals surface area contributed by atoms with Gasteiger partial charge in [0.2, 0.25) is 5.91 Å². The number of hydrogen-bond donors (Lipinski definition) is 0. The van der Waals surface area contributed by atoms with Crippen LogP contribution in [0.4, 0.5) is 0 Å². The van der Waals surface area contributed by atoms with Crippen molar-refractivity contribution in [1.82, 2.24) is 14.4 Å². The number of para-hydroxylation sites is 1. The van der Waals surface area contributed by atoms with Gasteiger partial charge in [0.1, 0.15) is 0 Å². The highest BCUT2D eigenvalue weighted by atomic mass is 16.2. The summed E-state index contributed by atoms with van der Waals surface area (Å²) in [5.74, 6) is 0.255. The number of amides is 1. The molecule has 4 nitrogen and oxygen atoms in total. The number of carbonyl (C=O) groups excluding carboxylic acids is 1. The van der Waals surface area contributed by atoms with Gasteiger partial charge in [-0.2, -0.15) is 0 Å². The molecule has 3 aromatic carbocycles. The summed E-state index contributed by atoms with van der Waals surface area (Å²) in [6.45, 7) is 16.5. The molecule has 0 radical (unpaired) electrons. The molecular weight excluding hydrogens is 478 g/mol. The van der Waals surface area contributed by atoms with E-state index in [1.165, 1.54) is 38.7 Å². The first-order valence-corrected chi connectivity index (χ1v) is 14.5. The lowest BCUT2D eigenvalue weighted by Gasteiger charge is -2.35. The topological polar surface area (TPSA) is 28.5 Å². The van der Waals surface area contributed by atoms with Crippen LogP contribution in [0.3, 0.4) is 0 Å². The summed E-state index contributed by atoms with van der Waals surface area (Å²) in [7, 11) is 0. The maximum atomic E-state index is 13.7. The molecule has 0 aliphatic carbocycles. The molecule has 1 atom stereocenters. The van der Waals surface area contributed by atoms with E-state index < -0.39 is 0 Å². The van der Waals surface area contributed by atoms with Crippen LogP contribution < -0.4 is 0 Å². The predicted molar refractivity (Wildman–Crippen MR) is 163 cm³/mol. The summed E-state index contributed by atoms with van der Waals surface area (Å²) in [5, 5.41) is 1.23. The Morgan fingerprint density at radius 1 is 0.872 bits per heavy atom. The van der Waals surface area contributed by atoms with E-state index in [9.17, 15) is 4.79 Å². The monoisotopic (exact) mass is 521 g/mol. The fourth-order valence-electron chi connectivity index (χ4n) is 5.81. The third-order valence-electron chi connectivity index (χ3n) is 8.40. The van der Waals surface area contributed by atoms with Crippen molar-refractivity contribution in [2.75, 3.05) is 32.7 Å². The summed E-state index contributed by atoms with van der Waals surface area (Å²) < 4.78 is 2.36. The van der Waals surface area contributed by atoms with Crippen molar-refractivity contribution in [3.05, 3.63) is 107 Å². The van der Waals surface area contributed by atoms with Gasteiger partial charge in [-0.3, -0.25) is 4.79 Å². The molecule has 39 heavy (non-hydrogen) atoms. The van der Waals surface area contributed by atoms with Crippen LogP contribution in [-0.4, -0.2) is 53.0 Å². The molecule has 0 bridgehead atoms. The van der Waals surface area contributed by atoms with Gasteiger partial charge < -0.3 is 14.4 Å². The first-order chi connectivity index (χ1) is 18.7. The Labute approximate surface area is 234 Å². The number of rotatable bonds is 7. The second-order valence-corrected chi connectivity index (χ2v) is 12.2. The highest BCUT2D eigenvalue weighted by Crippen LogP contribution is 2.36. The van der Waals surface area contributed by atoms with Gasteiger partial charge in [-0.05, 0) is 47.2 Å². The van der Waals surface area contributed by atoms with Gasteiger partial charge in [-0.1, -0.05) is 100.0 Å². The van der Waals surface area contributed by atoms with Crippen molar-refractivity contribution in [2.45, 2.75) is 58.9 Å². The summed E-state index contributed by atoms with van der Waals surface area (Å²) in [6.07, 6.45) is 2.79. The number of carbonyl (C=O) groups is 1. The minimum absolute atomic E-state index is 0.000101. The number of nitrogens with zero attached hydrogens (tertiary/aromatic N) is 3. The minimum atomic E-state index is -0.000101. The smallest absolute Gasteiger partial charge is 0.223 e. The number of likely N-dealkylation sites (N-methyl/N-ethyl adjacent to an activating group) is 1. The Morgan fingerprint density at radius 3 is 2.18 bits per heavy atom. The molecule has 1 saturated heterocycles. The molecule has 1 fully saturated rings. The molecule has 4 heteroatoms. The van der Waals surface area contributed by atoms with E-state index in [-0.39, 0.29) is 17.2 Å². The van der Waals surface area contributed by atoms with Crippen molar-refractivity contribution < 1.29 is 4.79 Å². The lowest BCUT2D eigenvalue weighted by molar-refractivity contribution is -0.133. The van der Waals surface area contributed by atoms with Crippen LogP contribution in [0.15, 0.2) is 79.0 Å². The Morgan fingerprint density at radius 2 is 1.54 bits per heavy atom. The lowest BCUT2D eigenvalue weighted by atomic mass is 9.83. The van der Waals surface area contributed by atoms with E-state index >= 15 is 0 Å². The number of fused-ring (bicyclic) bond motifs is 1. The molecular formula is C35H43N3O. The van der Waals surface area contributed by atoms with Gasteiger partial charge in [-0.15, -0.1) is 0 Å². The molecule has 1 aromatic heterocycles. The van der Waals surface area contributed by atoms with Gasteiger partial charge in [0.15, 0.2) is 0 Å². The van der Waals surface area contributed by atoms with Crippen molar-refractivity contribution in [3.63, 3.8) is 0 Å². The van der Waals surface area contributed by atoms with Gasteiger partial charge in [0.25, 0.3) is 0 Å². The molecule has 1 aliphatic heterocycles. The van der Waals surface area contributed by atoms with Crippen molar-refractivity contribution in [2.24, 2.45) is 0 Å². The Hall–Kier alpha value is -3.37. The standard InChI is InChI=1S/C35H43N3O/c1-6-36-19-21-37(22-20-36)34(39)23-31(28-15-17-29(18-16-28)35(3,4)5)32-25-38(33-10-8-7-9-30(32)33)24-27-13-11-26(2)12-14-27/h7-18,25,31H,6,19-24H2,1-5H3/t31-/m1/s1. The lowest BCUT2D eigenvalue weighted by Crippen LogP contribution is -2.48. The maximum absolute atomic E-state index is 13.7. The molecule has 1 amide bonds. The first-order valence-electron chi connectivity index (χ1n) is 14.5. The summed E-state index contributed by atoms with van der Waals surface area (Å²) >= 11 is 0. The highest BCUT2D eigenvalue weighted by molar-refractivity contribution is 5.87. The molecule has 2 heterocycles. The van der Waals surface area contributed by atoms with Crippen molar-refractivity contribution in [3.8, 4) is 0 Å². The second kappa shape index (κ2) is 11.4. The van der Waals surface area contributed by atoms with E-state index in [0.717, 1.165) is 39.3 Å². The van der Waals surface area contributed by atoms with Crippen LogP contribution >= 0.6 is 0 Å². The van der Waals surface area contributed by atoms with Crippen LogP contribution in [0.2, 0.25) is 0 Å². The second-order valence-electron chi connectivity index (χ2n) is 12.2. The van der Waals surface area contributed by atoms with Crippen LogP contribution in [0, 0.1) is 6.92 Å². The fourth-order valence-corrected chi connectivity index (χ4v) is 5.81. The molecule has 1 aliphatic rings. The Balaban J connectivity index is 1.52. The summed E-state index contributed by atoms with van der Waals surface area (Å²) in [4.78, 5) is 18.2. The SMILES string of the molecule is CCN1CCN(C(=O)C[C@H](c2ccc(C(C)(C)C)cc2)c2cn(Cc3ccc(C)cc3)c3ccccc23)CC1. The fraction of sp³-hybridized carbons (Fsp3) is 0.400. The van der Waals surface area contributed by atoms with Crippen LogP contribution in [-0.2, 0) is 16.8 Å². The number of aryl methyl sites for hydroxylation is 1. The van der Waals surface area contributed by atoms with E-state index in [4.69, 9.17) is 0 Å². The van der Waals surface area contributed by atoms with E-state index in [2.05, 4.69) is 128 Å². The third-order valence-corrected chi connectivity index (χ3v) is 8.40.